The number of carbonyl (C=O) groups is 2. The van der Waals surface area contributed by atoms with Crippen LogP contribution in [0.15, 0.2) is 0 Å². The Hall–Kier alpha value is -1.15. The van der Waals surface area contributed by atoms with Crippen LogP contribution in [0.3, 0.4) is 0 Å². The molecule has 1 fully saturated rings. The molecule has 0 aromatic carbocycles. The highest BCUT2D eigenvalue weighted by Gasteiger charge is 2.44. The lowest BCUT2D eigenvalue weighted by atomic mass is 9.77. The molecule has 0 amide bonds. The lowest BCUT2D eigenvalue weighted by Crippen LogP contribution is -2.51. The number of carboxylic acid groups (broad SMARTS) is 1. The fourth-order valence-corrected chi connectivity index (χ4v) is 4.15. The summed E-state index contributed by atoms with van der Waals surface area (Å²) in [6, 6.07) is 0. The van der Waals surface area contributed by atoms with Crippen LogP contribution in [0.5, 0.6) is 0 Å². The van der Waals surface area contributed by atoms with E-state index in [1.54, 1.807) is 6.92 Å². The first-order chi connectivity index (χ1) is 9.77. The smallest absolute Gasteiger partial charge is 0.322 e. The molecule has 122 valence electrons. The fourth-order valence-electron chi connectivity index (χ4n) is 2.73. The lowest BCUT2D eigenvalue weighted by Gasteiger charge is -2.39. The molecular weight excluding hydrogens is 298 g/mol. The second-order valence-corrected chi connectivity index (χ2v) is 7.30. The minimum Gasteiger partial charge on any atom is -0.481 e. The van der Waals surface area contributed by atoms with Gasteiger partial charge in [-0.3, -0.25) is 9.59 Å². The molecule has 0 saturated carbocycles. The molecule has 1 rings (SSSR count). The number of carbonyl (C=O) groups excluding carboxylic acids is 1. The van der Waals surface area contributed by atoms with E-state index < -0.39 is 33.1 Å². The third kappa shape index (κ3) is 4.41. The van der Waals surface area contributed by atoms with Crippen molar-refractivity contribution in [3.05, 3.63) is 0 Å². The van der Waals surface area contributed by atoms with E-state index in [0.717, 1.165) is 4.31 Å². The van der Waals surface area contributed by atoms with E-state index in [4.69, 9.17) is 0 Å². The number of piperidine rings is 1. The Morgan fingerprint density at radius 3 is 2.52 bits per heavy atom. The molecule has 0 spiro atoms. The summed E-state index contributed by atoms with van der Waals surface area (Å²) in [5, 5.41) is 9.46. The predicted molar refractivity (Wildman–Crippen MR) is 76.2 cm³/mol. The summed E-state index contributed by atoms with van der Waals surface area (Å²) in [5.74, 6) is -2.51. The van der Waals surface area contributed by atoms with Crippen molar-refractivity contribution in [2.75, 3.05) is 25.4 Å². The molecule has 7 nitrogen and oxygen atoms in total. The van der Waals surface area contributed by atoms with E-state index in [1.165, 1.54) is 0 Å². The van der Waals surface area contributed by atoms with Gasteiger partial charge in [-0.05, 0) is 26.2 Å². The Bertz CT molecular complexity index is 485. The first-order valence-corrected chi connectivity index (χ1v) is 8.75. The zero-order valence-corrected chi connectivity index (χ0v) is 13.3. The Kier molecular flexibility index (Phi) is 6.15. The molecule has 0 aromatic rings. The third-order valence-electron chi connectivity index (χ3n) is 3.72. The number of esters is 1. The van der Waals surface area contributed by atoms with Crippen LogP contribution in [0, 0.1) is 5.41 Å². The molecule has 1 unspecified atom stereocenters. The molecule has 1 N–H and O–H groups in total. The van der Waals surface area contributed by atoms with Crippen molar-refractivity contribution in [2.45, 2.75) is 39.5 Å². The fraction of sp³-hybridized carbons (Fsp3) is 0.846. The van der Waals surface area contributed by atoms with Gasteiger partial charge in [0.25, 0.3) is 0 Å². The van der Waals surface area contributed by atoms with Crippen molar-refractivity contribution in [3.8, 4) is 0 Å². The van der Waals surface area contributed by atoms with Gasteiger partial charge < -0.3 is 9.84 Å². The Balaban J connectivity index is 2.88. The summed E-state index contributed by atoms with van der Waals surface area (Å²) in [4.78, 5) is 22.9. The van der Waals surface area contributed by atoms with E-state index in [-0.39, 0.29) is 19.7 Å². The number of hydrogen-bond acceptors (Lipinski definition) is 5. The SMILES string of the molecule is CCCC1(C(=O)O)CCCN(S(=O)(=O)CC(=O)OCC)C1. The Morgan fingerprint density at radius 2 is 2.00 bits per heavy atom. The van der Waals surface area contributed by atoms with Gasteiger partial charge in [-0.15, -0.1) is 0 Å². The van der Waals surface area contributed by atoms with Crippen molar-refractivity contribution >= 4 is 22.0 Å². The number of ether oxygens (including phenoxy) is 1. The van der Waals surface area contributed by atoms with Crippen molar-refractivity contribution in [3.63, 3.8) is 0 Å². The zero-order chi connectivity index (χ0) is 16.1. The highest BCUT2D eigenvalue weighted by molar-refractivity contribution is 7.89. The van der Waals surface area contributed by atoms with Crippen LogP contribution in [0.2, 0.25) is 0 Å². The molecule has 1 atom stereocenters. The summed E-state index contributed by atoms with van der Waals surface area (Å²) in [6.07, 6.45) is 2.03. The van der Waals surface area contributed by atoms with E-state index in [1.807, 2.05) is 6.92 Å². The molecule has 0 radical (unpaired) electrons. The summed E-state index contributed by atoms with van der Waals surface area (Å²) in [7, 11) is -3.83. The van der Waals surface area contributed by atoms with E-state index in [0.29, 0.717) is 25.7 Å². The molecule has 21 heavy (non-hydrogen) atoms. The van der Waals surface area contributed by atoms with Gasteiger partial charge in [0.05, 0.1) is 12.0 Å². The summed E-state index contributed by atoms with van der Waals surface area (Å²) < 4.78 is 30.2. The van der Waals surface area contributed by atoms with Gasteiger partial charge in [-0.2, -0.15) is 0 Å². The normalized spacial score (nSPS) is 23.7. The van der Waals surface area contributed by atoms with Crippen LogP contribution >= 0.6 is 0 Å². The van der Waals surface area contributed by atoms with Gasteiger partial charge in [0.1, 0.15) is 0 Å². The van der Waals surface area contributed by atoms with Crippen LogP contribution in [0.1, 0.15) is 39.5 Å². The summed E-state index contributed by atoms with van der Waals surface area (Å²) in [5.41, 5.74) is -1.05. The van der Waals surface area contributed by atoms with E-state index >= 15 is 0 Å². The predicted octanol–water partition coefficient (Wildman–Crippen LogP) is 0.846. The molecule has 8 heteroatoms. The van der Waals surface area contributed by atoms with Gasteiger partial charge in [0, 0.05) is 13.1 Å². The summed E-state index contributed by atoms with van der Waals surface area (Å²) >= 11 is 0. The molecule has 0 aromatic heterocycles. The van der Waals surface area contributed by atoms with Crippen LogP contribution in [0.25, 0.3) is 0 Å². The number of carboxylic acids is 1. The minimum absolute atomic E-state index is 0.0715. The van der Waals surface area contributed by atoms with Crippen LogP contribution in [-0.2, 0) is 24.3 Å². The lowest BCUT2D eigenvalue weighted by molar-refractivity contribution is -0.151. The maximum atomic E-state index is 12.2. The topological polar surface area (TPSA) is 101 Å². The minimum atomic E-state index is -3.83. The van der Waals surface area contributed by atoms with Crippen LogP contribution in [-0.4, -0.2) is 55.2 Å². The summed E-state index contributed by atoms with van der Waals surface area (Å²) in [6.45, 7) is 3.76. The van der Waals surface area contributed by atoms with Crippen molar-refractivity contribution in [2.24, 2.45) is 5.41 Å². The zero-order valence-electron chi connectivity index (χ0n) is 12.5. The number of sulfonamides is 1. The molecule has 1 aliphatic heterocycles. The third-order valence-corrected chi connectivity index (χ3v) is 5.42. The van der Waals surface area contributed by atoms with E-state index in [2.05, 4.69) is 4.74 Å². The highest BCUT2D eigenvalue weighted by Crippen LogP contribution is 2.36. The molecule has 1 heterocycles. The Morgan fingerprint density at radius 1 is 1.33 bits per heavy atom. The second-order valence-electron chi connectivity index (χ2n) is 5.33. The maximum Gasteiger partial charge on any atom is 0.322 e. The first-order valence-electron chi connectivity index (χ1n) is 7.14. The van der Waals surface area contributed by atoms with Gasteiger partial charge in [-0.25, -0.2) is 12.7 Å². The van der Waals surface area contributed by atoms with Gasteiger partial charge in [-0.1, -0.05) is 13.3 Å². The monoisotopic (exact) mass is 321 g/mol. The number of hydrogen-bond donors (Lipinski definition) is 1. The average molecular weight is 321 g/mol. The molecule has 0 aliphatic carbocycles. The Labute approximate surface area is 125 Å². The van der Waals surface area contributed by atoms with E-state index in [9.17, 15) is 23.1 Å². The van der Waals surface area contributed by atoms with Crippen LogP contribution in [0.4, 0.5) is 0 Å². The van der Waals surface area contributed by atoms with Crippen LogP contribution < -0.4 is 0 Å². The van der Waals surface area contributed by atoms with Gasteiger partial charge in [0.2, 0.25) is 10.0 Å². The molecule has 0 bridgehead atoms. The number of aliphatic carboxylic acids is 1. The maximum absolute atomic E-state index is 12.2. The second kappa shape index (κ2) is 7.22. The number of nitrogens with zero attached hydrogens (tertiary/aromatic N) is 1. The number of rotatable bonds is 7. The molecule has 1 aliphatic rings. The van der Waals surface area contributed by atoms with Crippen molar-refractivity contribution in [1.82, 2.24) is 4.31 Å². The van der Waals surface area contributed by atoms with Gasteiger partial charge in [0.15, 0.2) is 5.75 Å². The quantitative estimate of drug-likeness (QED) is 0.698. The average Bonchev–Trinajstić information content (AvgIpc) is 2.38. The standard InChI is InChI=1S/C13H23NO6S/c1-3-6-13(12(16)17)7-5-8-14(10-13)21(18,19)9-11(15)20-4-2/h3-10H2,1-2H3,(H,16,17). The highest BCUT2D eigenvalue weighted by atomic mass is 32.2. The molecule has 1 saturated heterocycles. The van der Waals surface area contributed by atoms with Gasteiger partial charge >= 0.3 is 11.9 Å². The van der Waals surface area contributed by atoms with Crippen molar-refractivity contribution in [1.29, 1.82) is 0 Å². The largest absolute Gasteiger partial charge is 0.481 e. The first kappa shape index (κ1) is 17.9. The molecular formula is C13H23NO6S. The van der Waals surface area contributed by atoms with Crippen molar-refractivity contribution < 1.29 is 27.9 Å².